The molecule has 4 heteroatoms. The Balaban J connectivity index is 1.23. The molecule has 0 aromatic carbocycles. The van der Waals surface area contributed by atoms with Gasteiger partial charge in [-0.2, -0.15) is 0 Å². The molecule has 4 rings (SSSR count). The third-order valence-electron chi connectivity index (χ3n) is 7.44. The predicted molar refractivity (Wildman–Crippen MR) is 97.9 cm³/mol. The third-order valence-corrected chi connectivity index (χ3v) is 7.44. The van der Waals surface area contributed by atoms with E-state index >= 15 is 0 Å². The number of carbonyl (C=O) groups is 2. The van der Waals surface area contributed by atoms with Gasteiger partial charge in [-0.25, -0.2) is 0 Å². The van der Waals surface area contributed by atoms with E-state index in [4.69, 9.17) is 0 Å². The van der Waals surface area contributed by atoms with Crippen LogP contribution in [0.5, 0.6) is 0 Å². The first kappa shape index (κ1) is 17.4. The standard InChI is InChI=1S/C21H34N2O2/c24-20(15-19-14-16-5-6-18(19)13-16)22-11-7-17(8-12-22)21(25)23-9-3-1-2-4-10-23/h16-19H,1-15H2. The van der Waals surface area contributed by atoms with Gasteiger partial charge in [-0.3, -0.25) is 9.59 Å². The molecule has 4 aliphatic rings. The van der Waals surface area contributed by atoms with Gasteiger partial charge in [-0.1, -0.05) is 19.3 Å². The second-order valence-electron chi connectivity index (χ2n) is 9.03. The Bertz CT molecular complexity index is 490. The minimum Gasteiger partial charge on any atom is -0.343 e. The average Bonchev–Trinajstić information content (AvgIpc) is 3.15. The lowest BCUT2D eigenvalue weighted by Crippen LogP contribution is -2.45. The van der Waals surface area contributed by atoms with Gasteiger partial charge in [-0.15, -0.1) is 0 Å². The fraction of sp³-hybridized carbons (Fsp3) is 0.905. The average molecular weight is 347 g/mol. The lowest BCUT2D eigenvalue weighted by Gasteiger charge is -2.35. The first-order chi connectivity index (χ1) is 12.2. The molecule has 2 saturated carbocycles. The fourth-order valence-electron chi connectivity index (χ4n) is 5.90. The van der Waals surface area contributed by atoms with Crippen molar-refractivity contribution >= 4 is 11.8 Å². The molecule has 0 aromatic rings. The molecule has 3 atom stereocenters. The number of hydrogen-bond acceptors (Lipinski definition) is 2. The molecule has 3 unspecified atom stereocenters. The molecule has 2 aliphatic carbocycles. The number of carbonyl (C=O) groups excluding carboxylic acids is 2. The molecule has 0 radical (unpaired) electrons. The second-order valence-corrected chi connectivity index (χ2v) is 9.03. The summed E-state index contributed by atoms with van der Waals surface area (Å²) in [6, 6.07) is 0. The Morgan fingerprint density at radius 3 is 2.08 bits per heavy atom. The molecular weight excluding hydrogens is 312 g/mol. The monoisotopic (exact) mass is 346 g/mol. The van der Waals surface area contributed by atoms with Gasteiger partial charge in [0, 0.05) is 38.5 Å². The smallest absolute Gasteiger partial charge is 0.225 e. The molecule has 25 heavy (non-hydrogen) atoms. The van der Waals surface area contributed by atoms with E-state index in [0.717, 1.165) is 70.1 Å². The van der Waals surface area contributed by atoms with Crippen molar-refractivity contribution in [2.24, 2.45) is 23.7 Å². The summed E-state index contributed by atoms with van der Waals surface area (Å²) in [5.41, 5.74) is 0. The zero-order valence-electron chi connectivity index (χ0n) is 15.6. The van der Waals surface area contributed by atoms with Gasteiger partial charge in [0.15, 0.2) is 0 Å². The van der Waals surface area contributed by atoms with Crippen molar-refractivity contribution < 1.29 is 9.59 Å². The van der Waals surface area contributed by atoms with Gasteiger partial charge >= 0.3 is 0 Å². The maximum atomic E-state index is 12.8. The van der Waals surface area contributed by atoms with Crippen molar-refractivity contribution in [2.45, 2.75) is 70.6 Å². The van der Waals surface area contributed by atoms with Crippen molar-refractivity contribution in [3.05, 3.63) is 0 Å². The first-order valence-electron chi connectivity index (χ1n) is 10.8. The van der Waals surface area contributed by atoms with Crippen molar-refractivity contribution in [2.75, 3.05) is 26.2 Å². The van der Waals surface area contributed by atoms with Crippen LogP contribution in [0.25, 0.3) is 0 Å². The minimum atomic E-state index is 0.157. The van der Waals surface area contributed by atoms with Gasteiger partial charge in [0.05, 0.1) is 0 Å². The van der Waals surface area contributed by atoms with Crippen molar-refractivity contribution in [3.63, 3.8) is 0 Å². The highest BCUT2D eigenvalue weighted by Gasteiger charge is 2.41. The van der Waals surface area contributed by atoms with E-state index in [1.807, 2.05) is 0 Å². The van der Waals surface area contributed by atoms with Gasteiger partial charge in [0.25, 0.3) is 0 Å². The van der Waals surface area contributed by atoms with Gasteiger partial charge in [0.1, 0.15) is 0 Å². The molecule has 4 fully saturated rings. The molecule has 2 amide bonds. The molecule has 2 heterocycles. The van der Waals surface area contributed by atoms with Crippen LogP contribution in [-0.2, 0) is 9.59 Å². The van der Waals surface area contributed by atoms with E-state index < -0.39 is 0 Å². The Hall–Kier alpha value is -1.06. The Morgan fingerprint density at radius 1 is 0.760 bits per heavy atom. The summed E-state index contributed by atoms with van der Waals surface area (Å²) < 4.78 is 0. The highest BCUT2D eigenvalue weighted by Crippen LogP contribution is 2.49. The van der Waals surface area contributed by atoms with E-state index in [-0.39, 0.29) is 5.92 Å². The van der Waals surface area contributed by atoms with Crippen LogP contribution >= 0.6 is 0 Å². The number of likely N-dealkylation sites (tertiary alicyclic amines) is 2. The van der Waals surface area contributed by atoms with Gasteiger partial charge in [-0.05, 0) is 62.7 Å². The molecule has 2 bridgehead atoms. The van der Waals surface area contributed by atoms with Crippen LogP contribution in [0.2, 0.25) is 0 Å². The molecule has 0 N–H and O–H groups in total. The van der Waals surface area contributed by atoms with Gasteiger partial charge < -0.3 is 9.80 Å². The summed E-state index contributed by atoms with van der Waals surface area (Å²) in [6.45, 7) is 3.48. The molecule has 0 spiro atoms. The zero-order chi connectivity index (χ0) is 17.2. The summed E-state index contributed by atoms with van der Waals surface area (Å²) in [6.07, 6.45) is 12.8. The van der Waals surface area contributed by atoms with Crippen LogP contribution in [0.15, 0.2) is 0 Å². The molecule has 2 aliphatic heterocycles. The van der Waals surface area contributed by atoms with E-state index in [2.05, 4.69) is 9.80 Å². The lowest BCUT2D eigenvalue weighted by atomic mass is 9.85. The predicted octanol–water partition coefficient (Wildman–Crippen LogP) is 3.45. The lowest BCUT2D eigenvalue weighted by molar-refractivity contribution is -0.141. The normalized spacial score (nSPS) is 33.5. The SMILES string of the molecule is O=C(CC1CC2CCC1C2)N1CCC(C(=O)N2CCCCCC2)CC1. The van der Waals surface area contributed by atoms with Crippen molar-refractivity contribution in [1.29, 1.82) is 0 Å². The highest BCUT2D eigenvalue weighted by molar-refractivity contribution is 5.80. The van der Waals surface area contributed by atoms with Crippen LogP contribution in [0.3, 0.4) is 0 Å². The van der Waals surface area contributed by atoms with Crippen molar-refractivity contribution in [3.8, 4) is 0 Å². The highest BCUT2D eigenvalue weighted by atomic mass is 16.2. The number of nitrogens with zero attached hydrogens (tertiary/aromatic N) is 2. The summed E-state index contributed by atoms with van der Waals surface area (Å²) in [7, 11) is 0. The largest absolute Gasteiger partial charge is 0.343 e. The zero-order valence-corrected chi connectivity index (χ0v) is 15.6. The maximum absolute atomic E-state index is 12.8. The first-order valence-corrected chi connectivity index (χ1v) is 10.8. The molecule has 4 nitrogen and oxygen atoms in total. The maximum Gasteiger partial charge on any atom is 0.225 e. The summed E-state index contributed by atoms with van der Waals surface area (Å²) in [4.78, 5) is 29.6. The van der Waals surface area contributed by atoms with Gasteiger partial charge in [0.2, 0.25) is 11.8 Å². The van der Waals surface area contributed by atoms with E-state index in [1.54, 1.807) is 0 Å². The topological polar surface area (TPSA) is 40.6 Å². The molecule has 0 aromatic heterocycles. The summed E-state index contributed by atoms with van der Waals surface area (Å²) in [5.74, 6) is 3.28. The number of rotatable bonds is 3. The van der Waals surface area contributed by atoms with E-state index in [0.29, 0.717) is 17.7 Å². The number of amides is 2. The summed E-state index contributed by atoms with van der Waals surface area (Å²) in [5, 5.41) is 0. The van der Waals surface area contributed by atoms with E-state index in [1.165, 1.54) is 38.5 Å². The fourth-order valence-corrected chi connectivity index (χ4v) is 5.90. The Morgan fingerprint density at radius 2 is 1.48 bits per heavy atom. The molecular formula is C21H34N2O2. The minimum absolute atomic E-state index is 0.157. The second kappa shape index (κ2) is 7.67. The quantitative estimate of drug-likeness (QED) is 0.785. The van der Waals surface area contributed by atoms with Crippen molar-refractivity contribution in [1.82, 2.24) is 9.80 Å². The number of fused-ring (bicyclic) bond motifs is 2. The number of hydrogen-bond donors (Lipinski definition) is 0. The molecule has 140 valence electrons. The third kappa shape index (κ3) is 3.88. The molecule has 2 saturated heterocycles. The van der Waals surface area contributed by atoms with Crippen LogP contribution in [0.1, 0.15) is 70.6 Å². The van der Waals surface area contributed by atoms with E-state index in [9.17, 15) is 9.59 Å². The number of piperidine rings is 1. The van der Waals surface area contributed by atoms with Crippen LogP contribution < -0.4 is 0 Å². The van der Waals surface area contributed by atoms with Crippen LogP contribution in [-0.4, -0.2) is 47.8 Å². The van der Waals surface area contributed by atoms with Crippen LogP contribution in [0, 0.1) is 23.7 Å². The Kier molecular flexibility index (Phi) is 5.33. The van der Waals surface area contributed by atoms with Crippen LogP contribution in [0.4, 0.5) is 0 Å². The summed E-state index contributed by atoms with van der Waals surface area (Å²) >= 11 is 0. The Labute approximate surface area is 152 Å².